The number of esters is 3. The Labute approximate surface area is 501 Å². The molecular formula is C75H128O6. The zero-order chi connectivity index (χ0) is 58.5. The van der Waals surface area contributed by atoms with Crippen LogP contribution in [-0.4, -0.2) is 37.2 Å². The maximum atomic E-state index is 12.9. The average molecular weight is 1130 g/mol. The standard InChI is InChI=1S/C75H128O6/c1-4-7-10-13-16-19-22-25-28-30-32-34-35-36-37-38-39-41-42-44-47-50-53-56-59-62-65-68-74(77)80-71-72(70-79-73(76)67-64-61-58-55-52-49-46-27-24-21-18-15-12-9-6-3)81-75(78)69-66-63-60-57-54-51-48-45-43-40-33-31-29-26-23-20-17-14-11-8-5-2/h7,10,16,18-19,21,23,25-28,31-34,43,45-46,72H,4-6,8-9,11-15,17,20,22,24,29-30,35-42,44,47-71H2,1-3H3/b10-7-,19-16-,21-18-,26-23-,28-25-,33-31-,34-32-,45-43-,46-27-. The van der Waals surface area contributed by atoms with Crippen LogP contribution in [0.3, 0.4) is 0 Å². The van der Waals surface area contributed by atoms with Crippen LogP contribution in [0.5, 0.6) is 0 Å². The molecule has 1 atom stereocenters. The summed E-state index contributed by atoms with van der Waals surface area (Å²) in [5, 5.41) is 0. The van der Waals surface area contributed by atoms with Crippen molar-refractivity contribution in [1.82, 2.24) is 0 Å². The van der Waals surface area contributed by atoms with Gasteiger partial charge in [-0.3, -0.25) is 14.4 Å². The van der Waals surface area contributed by atoms with Crippen LogP contribution in [0.25, 0.3) is 0 Å². The number of hydrogen-bond donors (Lipinski definition) is 0. The van der Waals surface area contributed by atoms with Gasteiger partial charge in [-0.25, -0.2) is 0 Å². The van der Waals surface area contributed by atoms with Gasteiger partial charge in [-0.2, -0.15) is 0 Å². The summed E-state index contributed by atoms with van der Waals surface area (Å²) in [4.78, 5) is 38.4. The Kier molecular flexibility index (Phi) is 65.2. The Bertz CT molecular complexity index is 1620. The van der Waals surface area contributed by atoms with Crippen LogP contribution in [0.1, 0.15) is 329 Å². The second kappa shape index (κ2) is 68.6. The quantitative estimate of drug-likeness (QED) is 0.0261. The fourth-order valence-electron chi connectivity index (χ4n) is 9.59. The van der Waals surface area contributed by atoms with E-state index in [1.54, 1.807) is 0 Å². The third kappa shape index (κ3) is 66.8. The fourth-order valence-corrected chi connectivity index (χ4v) is 9.59. The Balaban J connectivity index is 4.35. The molecule has 0 heterocycles. The lowest BCUT2D eigenvalue weighted by Gasteiger charge is -2.18. The molecule has 0 aliphatic heterocycles. The normalized spacial score (nSPS) is 12.8. The number of carbonyl (C=O) groups is 3. The van der Waals surface area contributed by atoms with Gasteiger partial charge in [0.15, 0.2) is 6.10 Å². The number of hydrogen-bond acceptors (Lipinski definition) is 6. The maximum Gasteiger partial charge on any atom is 0.306 e. The molecular weight excluding hydrogens is 997 g/mol. The van der Waals surface area contributed by atoms with Crippen LogP contribution in [0.2, 0.25) is 0 Å². The first-order valence-corrected chi connectivity index (χ1v) is 34.4. The third-order valence-corrected chi connectivity index (χ3v) is 14.7. The van der Waals surface area contributed by atoms with E-state index in [1.165, 1.54) is 154 Å². The average Bonchev–Trinajstić information content (AvgIpc) is 3.47. The highest BCUT2D eigenvalue weighted by molar-refractivity contribution is 5.71. The van der Waals surface area contributed by atoms with Gasteiger partial charge in [0.05, 0.1) is 0 Å². The van der Waals surface area contributed by atoms with Crippen molar-refractivity contribution in [2.75, 3.05) is 13.2 Å². The lowest BCUT2D eigenvalue weighted by molar-refractivity contribution is -0.167. The van der Waals surface area contributed by atoms with Crippen molar-refractivity contribution in [1.29, 1.82) is 0 Å². The van der Waals surface area contributed by atoms with Crippen molar-refractivity contribution >= 4 is 17.9 Å². The zero-order valence-corrected chi connectivity index (χ0v) is 53.3. The van der Waals surface area contributed by atoms with Crippen LogP contribution in [0.4, 0.5) is 0 Å². The molecule has 81 heavy (non-hydrogen) atoms. The first-order valence-electron chi connectivity index (χ1n) is 34.4. The van der Waals surface area contributed by atoms with Crippen molar-refractivity contribution in [2.45, 2.75) is 335 Å². The summed E-state index contributed by atoms with van der Waals surface area (Å²) in [6.45, 7) is 6.50. The van der Waals surface area contributed by atoms with Gasteiger partial charge < -0.3 is 14.2 Å². The summed E-state index contributed by atoms with van der Waals surface area (Å²) >= 11 is 0. The van der Waals surface area contributed by atoms with Crippen molar-refractivity contribution < 1.29 is 28.6 Å². The molecule has 0 aromatic rings. The minimum Gasteiger partial charge on any atom is -0.462 e. The molecule has 6 nitrogen and oxygen atoms in total. The van der Waals surface area contributed by atoms with Crippen LogP contribution >= 0.6 is 0 Å². The van der Waals surface area contributed by atoms with E-state index in [0.717, 1.165) is 135 Å². The Morgan fingerprint density at radius 1 is 0.259 bits per heavy atom. The monoisotopic (exact) mass is 1120 g/mol. The fraction of sp³-hybridized carbons (Fsp3) is 0.720. The largest absolute Gasteiger partial charge is 0.462 e. The van der Waals surface area contributed by atoms with E-state index < -0.39 is 6.10 Å². The molecule has 0 amide bonds. The van der Waals surface area contributed by atoms with Crippen LogP contribution < -0.4 is 0 Å². The Hall–Kier alpha value is -3.93. The van der Waals surface area contributed by atoms with Crippen molar-refractivity contribution in [3.63, 3.8) is 0 Å². The molecule has 0 aromatic carbocycles. The molecule has 0 rings (SSSR count). The number of allylic oxidation sites excluding steroid dienone is 18. The van der Waals surface area contributed by atoms with E-state index >= 15 is 0 Å². The van der Waals surface area contributed by atoms with Gasteiger partial charge >= 0.3 is 17.9 Å². The molecule has 0 radical (unpaired) electrons. The van der Waals surface area contributed by atoms with E-state index in [9.17, 15) is 14.4 Å². The topological polar surface area (TPSA) is 78.9 Å². The summed E-state index contributed by atoms with van der Waals surface area (Å²) in [7, 11) is 0. The van der Waals surface area contributed by atoms with Crippen LogP contribution in [-0.2, 0) is 28.6 Å². The second-order valence-corrected chi connectivity index (χ2v) is 22.7. The first-order chi connectivity index (χ1) is 40.0. The highest BCUT2D eigenvalue weighted by Crippen LogP contribution is 2.16. The van der Waals surface area contributed by atoms with Crippen LogP contribution in [0, 0.1) is 0 Å². The lowest BCUT2D eigenvalue weighted by atomic mass is 10.0. The summed E-state index contributed by atoms with van der Waals surface area (Å²) in [6, 6.07) is 0. The summed E-state index contributed by atoms with van der Waals surface area (Å²) < 4.78 is 17.0. The third-order valence-electron chi connectivity index (χ3n) is 14.7. The predicted octanol–water partition coefficient (Wildman–Crippen LogP) is 23.8. The van der Waals surface area contributed by atoms with E-state index in [4.69, 9.17) is 14.2 Å². The Morgan fingerprint density at radius 3 is 0.778 bits per heavy atom. The van der Waals surface area contributed by atoms with Gasteiger partial charge in [-0.05, 0) is 128 Å². The van der Waals surface area contributed by atoms with Crippen molar-refractivity contribution in [3.8, 4) is 0 Å². The molecule has 0 saturated heterocycles. The van der Waals surface area contributed by atoms with Crippen molar-refractivity contribution in [3.05, 3.63) is 109 Å². The molecule has 6 heteroatoms. The van der Waals surface area contributed by atoms with Crippen LogP contribution in [0.15, 0.2) is 109 Å². The number of carbonyl (C=O) groups excluding carboxylic acids is 3. The van der Waals surface area contributed by atoms with E-state index in [2.05, 4.69) is 130 Å². The zero-order valence-electron chi connectivity index (χ0n) is 53.3. The minimum absolute atomic E-state index is 0.0877. The van der Waals surface area contributed by atoms with Gasteiger partial charge in [0.1, 0.15) is 13.2 Å². The molecule has 0 saturated carbocycles. The number of unbranched alkanes of at least 4 members (excludes halogenated alkanes) is 33. The maximum absolute atomic E-state index is 12.9. The van der Waals surface area contributed by atoms with E-state index in [-0.39, 0.29) is 31.1 Å². The van der Waals surface area contributed by atoms with Gasteiger partial charge in [0, 0.05) is 19.3 Å². The smallest absolute Gasteiger partial charge is 0.306 e. The van der Waals surface area contributed by atoms with Gasteiger partial charge in [0.2, 0.25) is 0 Å². The molecule has 0 aromatic heterocycles. The predicted molar refractivity (Wildman–Crippen MR) is 353 cm³/mol. The number of rotatable bonds is 62. The molecule has 1 unspecified atom stereocenters. The molecule has 0 aliphatic rings. The summed E-state index contributed by atoms with van der Waals surface area (Å²) in [6.07, 6.45) is 93.9. The van der Waals surface area contributed by atoms with E-state index in [1.807, 2.05) is 0 Å². The first kappa shape index (κ1) is 77.1. The Morgan fingerprint density at radius 2 is 0.481 bits per heavy atom. The lowest BCUT2D eigenvalue weighted by Crippen LogP contribution is -2.30. The van der Waals surface area contributed by atoms with Gasteiger partial charge in [-0.1, -0.05) is 291 Å². The SMILES string of the molecule is CC/C=C\C/C=C\C/C=C\C/C=C\CCCCCCCCCCCCCCCCC(=O)OCC(COC(=O)CCCCCCC/C=C\C/C=C\CCCCC)OC(=O)CCCCCCCC/C=C\C/C=C\C/C=C\CCCCCCC. The highest BCUT2D eigenvalue weighted by Gasteiger charge is 2.19. The highest BCUT2D eigenvalue weighted by atomic mass is 16.6. The van der Waals surface area contributed by atoms with Gasteiger partial charge in [-0.15, -0.1) is 0 Å². The molecule has 0 aliphatic carbocycles. The van der Waals surface area contributed by atoms with E-state index in [0.29, 0.717) is 19.3 Å². The van der Waals surface area contributed by atoms with Crippen molar-refractivity contribution in [2.24, 2.45) is 0 Å². The molecule has 464 valence electrons. The minimum atomic E-state index is -0.794. The number of ether oxygens (including phenoxy) is 3. The summed E-state index contributed by atoms with van der Waals surface area (Å²) in [5.41, 5.74) is 0. The summed E-state index contributed by atoms with van der Waals surface area (Å²) in [5.74, 6) is -0.904. The van der Waals surface area contributed by atoms with Gasteiger partial charge in [0.25, 0.3) is 0 Å². The molecule has 0 fully saturated rings. The molecule has 0 N–H and O–H groups in total. The second-order valence-electron chi connectivity index (χ2n) is 22.7. The molecule has 0 bridgehead atoms. The molecule has 0 spiro atoms.